The van der Waals surface area contributed by atoms with Crippen LogP contribution in [0.4, 0.5) is 5.69 Å². The molecule has 1 unspecified atom stereocenters. The molecular formula is C27H28N5O2+. The average molecular weight is 455 g/mol. The summed E-state index contributed by atoms with van der Waals surface area (Å²) in [5, 5.41) is 4.13. The Labute approximate surface area is 197 Å². The Morgan fingerprint density at radius 3 is 2.79 bits per heavy atom. The van der Waals surface area contributed by atoms with E-state index in [0.29, 0.717) is 29.6 Å². The number of nitrogens with zero attached hydrogens (tertiary/aromatic N) is 3. The number of piperidine rings is 1. The van der Waals surface area contributed by atoms with Crippen molar-refractivity contribution in [1.29, 1.82) is 0 Å². The summed E-state index contributed by atoms with van der Waals surface area (Å²) in [6.45, 7) is 3.78. The minimum Gasteiger partial charge on any atom is -0.350 e. The van der Waals surface area contributed by atoms with Crippen LogP contribution in [0.2, 0.25) is 0 Å². The maximum absolute atomic E-state index is 13.3. The van der Waals surface area contributed by atoms with Crippen molar-refractivity contribution in [3.8, 4) is 0 Å². The molecule has 3 atom stereocenters. The number of benzene rings is 1. The standard InChI is InChI=1S/C27H27N5O2/c1-30-15-21(22-4-2-3-5-25(22)30)17-31-13-18-12-20(16-31)24-7-6-23(27(34)32(24)14-18)29-26(33)19-8-10-28-11-9-19/h2-11,15,18,20H,12-14,16-17H2,1H3,(H,29,33)/p+1/t18-,20+/m0/s1. The SMILES string of the molecule is Cn1cc(C[NH+]2C[C@@H]3C[C@H](C2)c2ccc(NC(=O)c4ccncc4)c(=O)n2C3)c2ccccc21. The van der Waals surface area contributed by atoms with Gasteiger partial charge in [0.05, 0.1) is 13.1 Å². The van der Waals surface area contributed by atoms with Crippen LogP contribution in [0, 0.1) is 5.92 Å². The molecule has 1 aromatic carbocycles. The van der Waals surface area contributed by atoms with Crippen molar-refractivity contribution in [2.24, 2.45) is 13.0 Å². The maximum Gasteiger partial charge on any atom is 0.274 e. The van der Waals surface area contributed by atoms with Gasteiger partial charge in [0, 0.05) is 71.7 Å². The predicted octanol–water partition coefficient (Wildman–Crippen LogP) is 2.19. The van der Waals surface area contributed by atoms with Gasteiger partial charge in [-0.15, -0.1) is 0 Å². The van der Waals surface area contributed by atoms with Crippen LogP contribution in [0.3, 0.4) is 0 Å². The molecule has 4 aromatic rings. The van der Waals surface area contributed by atoms with Crippen LogP contribution in [0.5, 0.6) is 0 Å². The fourth-order valence-corrected chi connectivity index (χ4v) is 5.94. The van der Waals surface area contributed by atoms with Crippen LogP contribution in [-0.4, -0.2) is 33.1 Å². The fourth-order valence-electron chi connectivity index (χ4n) is 5.94. The average Bonchev–Trinajstić information content (AvgIpc) is 3.17. The second-order valence-corrected chi connectivity index (χ2v) is 9.69. The van der Waals surface area contributed by atoms with E-state index in [1.807, 2.05) is 10.6 Å². The first-order chi connectivity index (χ1) is 16.6. The summed E-state index contributed by atoms with van der Waals surface area (Å²) in [5.74, 6) is 0.525. The third kappa shape index (κ3) is 3.62. The van der Waals surface area contributed by atoms with Crippen LogP contribution in [0.1, 0.15) is 34.0 Å². The number of nitrogens with one attached hydrogen (secondary N) is 2. The summed E-state index contributed by atoms with van der Waals surface area (Å²) in [7, 11) is 2.11. The first-order valence-corrected chi connectivity index (χ1v) is 11.9. The van der Waals surface area contributed by atoms with Gasteiger partial charge in [0.1, 0.15) is 12.2 Å². The van der Waals surface area contributed by atoms with E-state index in [4.69, 9.17) is 0 Å². The number of hydrogen-bond donors (Lipinski definition) is 2. The summed E-state index contributed by atoms with van der Waals surface area (Å²) in [6.07, 6.45) is 6.53. The second kappa shape index (κ2) is 8.25. The monoisotopic (exact) mass is 454 g/mol. The Kier molecular flexibility index (Phi) is 5.07. The Morgan fingerprint density at radius 2 is 1.94 bits per heavy atom. The summed E-state index contributed by atoms with van der Waals surface area (Å²) < 4.78 is 4.11. The number of aromatic nitrogens is 3. The van der Waals surface area contributed by atoms with E-state index in [9.17, 15) is 9.59 Å². The number of carbonyl (C=O) groups is 1. The number of para-hydroxylation sites is 1. The summed E-state index contributed by atoms with van der Waals surface area (Å²) in [4.78, 5) is 31.3. The number of quaternary nitrogens is 1. The largest absolute Gasteiger partial charge is 0.350 e. The van der Waals surface area contributed by atoms with E-state index in [1.165, 1.54) is 16.5 Å². The molecule has 1 amide bonds. The molecule has 7 heteroatoms. The van der Waals surface area contributed by atoms with Crippen molar-refractivity contribution in [2.45, 2.75) is 25.4 Å². The molecule has 1 fully saturated rings. The van der Waals surface area contributed by atoms with Gasteiger partial charge in [0.15, 0.2) is 0 Å². The molecule has 172 valence electrons. The van der Waals surface area contributed by atoms with Gasteiger partial charge >= 0.3 is 0 Å². The van der Waals surface area contributed by atoms with Crippen LogP contribution in [-0.2, 0) is 20.1 Å². The van der Waals surface area contributed by atoms with E-state index in [0.717, 1.165) is 31.7 Å². The first kappa shape index (κ1) is 20.9. The van der Waals surface area contributed by atoms with Gasteiger partial charge in [-0.1, -0.05) is 18.2 Å². The molecule has 0 radical (unpaired) electrons. The minimum absolute atomic E-state index is 0.105. The van der Waals surface area contributed by atoms with E-state index < -0.39 is 0 Å². The van der Waals surface area contributed by atoms with Crippen molar-refractivity contribution in [3.05, 3.63) is 94.3 Å². The normalized spacial score (nSPS) is 21.3. The van der Waals surface area contributed by atoms with Gasteiger partial charge in [-0.05, 0) is 36.8 Å². The number of pyridine rings is 2. The molecule has 2 aliphatic rings. The molecule has 7 nitrogen and oxygen atoms in total. The van der Waals surface area contributed by atoms with Crippen molar-refractivity contribution < 1.29 is 9.69 Å². The zero-order valence-corrected chi connectivity index (χ0v) is 19.2. The van der Waals surface area contributed by atoms with Crippen LogP contribution >= 0.6 is 0 Å². The third-order valence-corrected chi connectivity index (χ3v) is 7.41. The van der Waals surface area contributed by atoms with E-state index in [-0.39, 0.29) is 11.5 Å². The van der Waals surface area contributed by atoms with Gasteiger partial charge in [-0.25, -0.2) is 0 Å². The van der Waals surface area contributed by atoms with Crippen LogP contribution in [0.25, 0.3) is 10.9 Å². The third-order valence-electron chi connectivity index (χ3n) is 7.41. The number of anilines is 1. The Morgan fingerprint density at radius 1 is 1.12 bits per heavy atom. The zero-order valence-electron chi connectivity index (χ0n) is 19.2. The molecule has 2 aliphatic heterocycles. The van der Waals surface area contributed by atoms with E-state index in [1.54, 1.807) is 35.5 Å². The summed E-state index contributed by atoms with van der Waals surface area (Å²) in [5.41, 5.74) is 4.48. The molecule has 6 rings (SSSR count). The Bertz CT molecular complexity index is 1440. The molecule has 0 saturated carbocycles. The number of fused-ring (bicyclic) bond motifs is 5. The molecule has 5 heterocycles. The number of likely N-dealkylation sites (tertiary alicyclic amines) is 1. The lowest BCUT2D eigenvalue weighted by molar-refractivity contribution is -0.924. The molecule has 34 heavy (non-hydrogen) atoms. The maximum atomic E-state index is 13.3. The smallest absolute Gasteiger partial charge is 0.274 e. The highest BCUT2D eigenvalue weighted by atomic mass is 16.2. The fraction of sp³-hybridized carbons (Fsp3) is 0.296. The van der Waals surface area contributed by atoms with Crippen LogP contribution in [0.15, 0.2) is 71.9 Å². The zero-order chi connectivity index (χ0) is 23.2. The number of rotatable bonds is 4. The molecule has 1 saturated heterocycles. The highest BCUT2D eigenvalue weighted by molar-refractivity contribution is 6.04. The lowest BCUT2D eigenvalue weighted by Gasteiger charge is -2.40. The van der Waals surface area contributed by atoms with Gasteiger partial charge in [-0.2, -0.15) is 0 Å². The number of hydrogen-bond acceptors (Lipinski definition) is 3. The molecule has 2 N–H and O–H groups in total. The number of aryl methyl sites for hydroxylation is 1. The Balaban J connectivity index is 1.23. The quantitative estimate of drug-likeness (QED) is 0.497. The van der Waals surface area contributed by atoms with Crippen molar-refractivity contribution >= 4 is 22.5 Å². The molecule has 0 spiro atoms. The van der Waals surface area contributed by atoms with E-state index >= 15 is 0 Å². The van der Waals surface area contributed by atoms with Crippen LogP contribution < -0.4 is 15.8 Å². The molecule has 0 aliphatic carbocycles. The van der Waals surface area contributed by atoms with Crippen molar-refractivity contribution in [1.82, 2.24) is 14.1 Å². The molecular weight excluding hydrogens is 426 g/mol. The molecule has 3 aromatic heterocycles. The number of carbonyl (C=O) groups excluding carboxylic acids is 1. The van der Waals surface area contributed by atoms with Crippen molar-refractivity contribution in [3.63, 3.8) is 0 Å². The summed E-state index contributed by atoms with van der Waals surface area (Å²) in [6, 6.07) is 15.7. The first-order valence-electron chi connectivity index (χ1n) is 11.9. The summed E-state index contributed by atoms with van der Waals surface area (Å²) >= 11 is 0. The molecule has 2 bridgehead atoms. The van der Waals surface area contributed by atoms with Gasteiger partial charge < -0.3 is 19.4 Å². The van der Waals surface area contributed by atoms with Gasteiger partial charge in [0.2, 0.25) is 0 Å². The lowest BCUT2D eigenvalue weighted by Crippen LogP contribution is -3.13. The van der Waals surface area contributed by atoms with E-state index in [2.05, 4.69) is 52.4 Å². The van der Waals surface area contributed by atoms with Crippen molar-refractivity contribution in [2.75, 3.05) is 18.4 Å². The minimum atomic E-state index is -0.290. The number of amides is 1. The lowest BCUT2D eigenvalue weighted by atomic mass is 9.83. The topological polar surface area (TPSA) is 73.4 Å². The second-order valence-electron chi connectivity index (χ2n) is 9.69. The predicted molar refractivity (Wildman–Crippen MR) is 131 cm³/mol. The Hall–Kier alpha value is -3.71. The van der Waals surface area contributed by atoms with Gasteiger partial charge in [-0.3, -0.25) is 14.6 Å². The van der Waals surface area contributed by atoms with Gasteiger partial charge in [0.25, 0.3) is 11.5 Å². The highest BCUT2D eigenvalue weighted by Crippen LogP contribution is 2.31. The highest BCUT2D eigenvalue weighted by Gasteiger charge is 2.37.